The molecule has 1 atom stereocenters. The van der Waals surface area contributed by atoms with Crippen molar-refractivity contribution < 1.29 is 4.74 Å². The lowest BCUT2D eigenvalue weighted by atomic mass is 9.74. The molecule has 1 spiro atoms. The second-order valence-electron chi connectivity index (χ2n) is 5.77. The molecule has 0 radical (unpaired) electrons. The highest BCUT2D eigenvalue weighted by molar-refractivity contribution is 4.91. The van der Waals surface area contributed by atoms with Crippen LogP contribution in [-0.4, -0.2) is 50.8 Å². The lowest BCUT2D eigenvalue weighted by molar-refractivity contribution is 0.0380. The van der Waals surface area contributed by atoms with Crippen molar-refractivity contribution in [1.82, 2.24) is 10.2 Å². The molecule has 0 aliphatic carbocycles. The second kappa shape index (κ2) is 6.72. The zero-order chi connectivity index (χ0) is 12.0. The molecule has 2 aliphatic rings. The largest absolute Gasteiger partial charge is 0.380 e. The van der Waals surface area contributed by atoms with Crippen molar-refractivity contribution in [2.24, 2.45) is 5.41 Å². The second-order valence-corrected chi connectivity index (χ2v) is 5.77. The van der Waals surface area contributed by atoms with Gasteiger partial charge in [0.1, 0.15) is 0 Å². The Morgan fingerprint density at radius 1 is 1.24 bits per heavy atom. The fraction of sp³-hybridized carbons (Fsp3) is 1.00. The number of nitrogens with one attached hydrogen (secondary N) is 1. The zero-order valence-corrected chi connectivity index (χ0v) is 11.3. The van der Waals surface area contributed by atoms with Crippen LogP contribution in [0.15, 0.2) is 0 Å². The molecular weight excluding hydrogens is 212 g/mol. The Kier molecular flexibility index (Phi) is 5.26. The third-order valence-electron chi connectivity index (χ3n) is 4.20. The summed E-state index contributed by atoms with van der Waals surface area (Å²) in [6, 6.07) is 0. The quantitative estimate of drug-likeness (QED) is 0.743. The number of nitrogens with zero attached hydrogens (tertiary/aromatic N) is 1. The van der Waals surface area contributed by atoms with E-state index in [1.165, 1.54) is 51.9 Å². The minimum atomic E-state index is 0.585. The molecule has 2 rings (SSSR count). The summed E-state index contributed by atoms with van der Waals surface area (Å²) >= 11 is 0. The van der Waals surface area contributed by atoms with E-state index < -0.39 is 0 Å². The number of likely N-dealkylation sites (tertiary alicyclic amines) is 1. The first-order chi connectivity index (χ1) is 8.35. The van der Waals surface area contributed by atoms with E-state index in [0.29, 0.717) is 5.41 Å². The molecule has 3 nitrogen and oxygen atoms in total. The Labute approximate surface area is 106 Å². The Hall–Kier alpha value is -0.120. The van der Waals surface area contributed by atoms with E-state index in [1.807, 2.05) is 0 Å². The fourth-order valence-electron chi connectivity index (χ4n) is 3.32. The van der Waals surface area contributed by atoms with Crippen molar-refractivity contribution in [3.05, 3.63) is 0 Å². The maximum atomic E-state index is 5.60. The van der Waals surface area contributed by atoms with Gasteiger partial charge in [-0.3, -0.25) is 0 Å². The molecule has 0 aromatic carbocycles. The highest BCUT2D eigenvalue weighted by Gasteiger charge is 2.36. The van der Waals surface area contributed by atoms with Gasteiger partial charge >= 0.3 is 0 Å². The van der Waals surface area contributed by atoms with Gasteiger partial charge in [-0.2, -0.15) is 0 Å². The first-order valence-electron chi connectivity index (χ1n) is 7.35. The van der Waals surface area contributed by atoms with Crippen LogP contribution in [0.3, 0.4) is 0 Å². The number of piperidine rings is 2. The van der Waals surface area contributed by atoms with Gasteiger partial charge < -0.3 is 15.0 Å². The summed E-state index contributed by atoms with van der Waals surface area (Å²) in [6.07, 6.45) is 6.71. The molecule has 0 aromatic rings. The van der Waals surface area contributed by atoms with Crippen molar-refractivity contribution in [1.29, 1.82) is 0 Å². The first-order valence-corrected chi connectivity index (χ1v) is 7.35. The number of rotatable bonds is 5. The molecule has 0 saturated carbocycles. The smallest absolute Gasteiger partial charge is 0.0593 e. The normalized spacial score (nSPS) is 30.9. The van der Waals surface area contributed by atoms with Gasteiger partial charge in [-0.1, -0.05) is 6.92 Å². The van der Waals surface area contributed by atoms with Crippen molar-refractivity contribution in [3.8, 4) is 0 Å². The van der Waals surface area contributed by atoms with Gasteiger partial charge in [-0.25, -0.2) is 0 Å². The van der Waals surface area contributed by atoms with Gasteiger partial charge in [-0.05, 0) is 50.6 Å². The van der Waals surface area contributed by atoms with Crippen LogP contribution in [0.4, 0.5) is 0 Å². The molecule has 2 saturated heterocycles. The third kappa shape index (κ3) is 3.94. The van der Waals surface area contributed by atoms with Crippen molar-refractivity contribution in [2.75, 3.05) is 45.9 Å². The molecule has 0 bridgehead atoms. The summed E-state index contributed by atoms with van der Waals surface area (Å²) in [5.41, 5.74) is 0.585. The number of hydrogen-bond donors (Lipinski definition) is 1. The summed E-state index contributed by atoms with van der Waals surface area (Å²) < 4.78 is 5.60. The lowest BCUT2D eigenvalue weighted by Crippen LogP contribution is -2.51. The minimum Gasteiger partial charge on any atom is -0.380 e. The van der Waals surface area contributed by atoms with Gasteiger partial charge in [0.05, 0.1) is 6.61 Å². The Morgan fingerprint density at radius 2 is 2.12 bits per heavy atom. The van der Waals surface area contributed by atoms with E-state index in [-0.39, 0.29) is 0 Å². The number of hydrogen-bond acceptors (Lipinski definition) is 3. The molecule has 2 heterocycles. The van der Waals surface area contributed by atoms with E-state index >= 15 is 0 Å². The summed E-state index contributed by atoms with van der Waals surface area (Å²) in [7, 11) is 0. The highest BCUT2D eigenvalue weighted by atomic mass is 16.5. The van der Waals surface area contributed by atoms with Crippen LogP contribution in [-0.2, 0) is 4.74 Å². The van der Waals surface area contributed by atoms with Crippen LogP contribution in [0.25, 0.3) is 0 Å². The van der Waals surface area contributed by atoms with Crippen LogP contribution < -0.4 is 5.32 Å². The summed E-state index contributed by atoms with van der Waals surface area (Å²) in [5, 5.41) is 3.58. The summed E-state index contributed by atoms with van der Waals surface area (Å²) in [6.45, 7) is 10.1. The monoisotopic (exact) mass is 240 g/mol. The first kappa shape index (κ1) is 13.3. The van der Waals surface area contributed by atoms with Crippen molar-refractivity contribution >= 4 is 0 Å². The number of ether oxygens (including phenoxy) is 1. The SMILES string of the molecule is CCCOCCN1CCCC2(CCCNC2)C1. The molecular formula is C14H28N2O. The topological polar surface area (TPSA) is 24.5 Å². The maximum absolute atomic E-state index is 5.60. The Bertz CT molecular complexity index is 209. The van der Waals surface area contributed by atoms with Gasteiger partial charge in [0.25, 0.3) is 0 Å². The molecule has 0 amide bonds. The van der Waals surface area contributed by atoms with Crippen LogP contribution in [0, 0.1) is 5.41 Å². The van der Waals surface area contributed by atoms with Crippen molar-refractivity contribution in [2.45, 2.75) is 39.0 Å². The van der Waals surface area contributed by atoms with Crippen LogP contribution >= 0.6 is 0 Å². The molecule has 1 unspecified atom stereocenters. The molecule has 1 N–H and O–H groups in total. The van der Waals surface area contributed by atoms with Gasteiger partial charge in [0.15, 0.2) is 0 Å². The maximum Gasteiger partial charge on any atom is 0.0593 e. The van der Waals surface area contributed by atoms with E-state index in [0.717, 1.165) is 26.2 Å². The van der Waals surface area contributed by atoms with E-state index in [1.54, 1.807) is 0 Å². The van der Waals surface area contributed by atoms with E-state index in [2.05, 4.69) is 17.1 Å². The Balaban J connectivity index is 1.72. The third-order valence-corrected chi connectivity index (χ3v) is 4.20. The van der Waals surface area contributed by atoms with Gasteiger partial charge in [0, 0.05) is 26.2 Å². The fourth-order valence-corrected chi connectivity index (χ4v) is 3.32. The molecule has 0 aromatic heterocycles. The van der Waals surface area contributed by atoms with Gasteiger partial charge in [-0.15, -0.1) is 0 Å². The molecule has 3 heteroatoms. The average molecular weight is 240 g/mol. The van der Waals surface area contributed by atoms with Crippen molar-refractivity contribution in [3.63, 3.8) is 0 Å². The predicted octanol–water partition coefficient (Wildman–Crippen LogP) is 1.88. The van der Waals surface area contributed by atoms with Crippen LogP contribution in [0.1, 0.15) is 39.0 Å². The molecule has 2 fully saturated rings. The minimum absolute atomic E-state index is 0.585. The molecule has 100 valence electrons. The predicted molar refractivity (Wildman–Crippen MR) is 71.3 cm³/mol. The zero-order valence-electron chi connectivity index (χ0n) is 11.3. The molecule has 2 aliphatic heterocycles. The van der Waals surface area contributed by atoms with Crippen LogP contribution in [0.5, 0.6) is 0 Å². The van der Waals surface area contributed by atoms with Gasteiger partial charge in [0.2, 0.25) is 0 Å². The van der Waals surface area contributed by atoms with E-state index in [9.17, 15) is 0 Å². The summed E-state index contributed by atoms with van der Waals surface area (Å²) in [4.78, 5) is 2.62. The highest BCUT2D eigenvalue weighted by Crippen LogP contribution is 2.35. The lowest BCUT2D eigenvalue weighted by Gasteiger charge is -2.45. The molecule has 17 heavy (non-hydrogen) atoms. The summed E-state index contributed by atoms with van der Waals surface area (Å²) in [5.74, 6) is 0. The van der Waals surface area contributed by atoms with E-state index in [4.69, 9.17) is 4.74 Å². The Morgan fingerprint density at radius 3 is 2.88 bits per heavy atom. The average Bonchev–Trinajstić information content (AvgIpc) is 2.36. The standard InChI is InChI=1S/C14H28N2O/c1-2-10-17-11-9-16-8-4-6-14(13-16)5-3-7-15-12-14/h15H,2-13H2,1H3. The van der Waals surface area contributed by atoms with Crippen LogP contribution in [0.2, 0.25) is 0 Å².